The third kappa shape index (κ3) is 9.45. The molecule has 0 heterocycles. The van der Waals surface area contributed by atoms with Crippen molar-refractivity contribution < 1.29 is 34.5 Å². The maximum absolute atomic E-state index is 12.7. The fourth-order valence-electron chi connectivity index (χ4n) is 2.67. The molecule has 0 aliphatic heterocycles. The van der Waals surface area contributed by atoms with E-state index in [9.17, 15) is 29.4 Å². The van der Waals surface area contributed by atoms with Gasteiger partial charge in [-0.2, -0.15) is 0 Å². The van der Waals surface area contributed by atoms with E-state index >= 15 is 0 Å². The molecule has 0 saturated heterocycles. The number of aliphatic hydroxyl groups excluding tert-OH is 1. The molecule has 3 atom stereocenters. The molecular weight excluding hydrogens is 408 g/mol. The second-order valence-electron chi connectivity index (χ2n) is 7.53. The van der Waals surface area contributed by atoms with Crippen molar-refractivity contribution >= 4 is 23.7 Å². The molecule has 172 valence electrons. The van der Waals surface area contributed by atoms with Gasteiger partial charge >= 0.3 is 5.97 Å². The van der Waals surface area contributed by atoms with Crippen molar-refractivity contribution in [2.24, 2.45) is 11.7 Å². The molecule has 1 aromatic rings. The Kier molecular flexibility index (Phi) is 10.4. The van der Waals surface area contributed by atoms with Crippen LogP contribution >= 0.6 is 0 Å². The molecule has 0 spiro atoms. The monoisotopic (exact) mass is 438 g/mol. The highest BCUT2D eigenvalue weighted by Gasteiger charge is 2.27. The zero-order chi connectivity index (χ0) is 23.6. The second kappa shape index (κ2) is 12.5. The molecule has 0 saturated carbocycles. The molecule has 1 rings (SSSR count). The largest absolute Gasteiger partial charge is 0.508 e. The SMILES string of the molecule is CC(C)CC(NC(=O)CNC(=O)C(N)CO)C(=O)NC(Cc1ccc(O)cc1)C(=O)O. The van der Waals surface area contributed by atoms with Crippen LogP contribution in [-0.2, 0) is 25.6 Å². The molecular formula is C20H30N4O7. The van der Waals surface area contributed by atoms with Crippen molar-refractivity contribution in [3.63, 3.8) is 0 Å². The maximum Gasteiger partial charge on any atom is 0.326 e. The van der Waals surface area contributed by atoms with Gasteiger partial charge in [-0.05, 0) is 30.0 Å². The van der Waals surface area contributed by atoms with Crippen LogP contribution < -0.4 is 21.7 Å². The molecule has 1 aromatic carbocycles. The van der Waals surface area contributed by atoms with Crippen LogP contribution in [0.5, 0.6) is 5.75 Å². The summed E-state index contributed by atoms with van der Waals surface area (Å²) >= 11 is 0. The van der Waals surface area contributed by atoms with Gasteiger partial charge in [-0.25, -0.2) is 4.79 Å². The number of hydrogen-bond donors (Lipinski definition) is 7. The first-order valence-corrected chi connectivity index (χ1v) is 9.78. The molecule has 0 aromatic heterocycles. The topological polar surface area (TPSA) is 191 Å². The molecule has 0 fully saturated rings. The number of nitrogens with two attached hydrogens (primary N) is 1. The minimum Gasteiger partial charge on any atom is -0.508 e. The molecule has 0 aliphatic rings. The van der Waals surface area contributed by atoms with Gasteiger partial charge in [0.1, 0.15) is 23.9 Å². The maximum atomic E-state index is 12.7. The minimum absolute atomic E-state index is 0.00817. The van der Waals surface area contributed by atoms with Crippen LogP contribution in [0.15, 0.2) is 24.3 Å². The molecule has 3 unspecified atom stereocenters. The predicted molar refractivity (Wildman–Crippen MR) is 111 cm³/mol. The van der Waals surface area contributed by atoms with E-state index < -0.39 is 55.0 Å². The number of carboxylic acids is 1. The summed E-state index contributed by atoms with van der Waals surface area (Å²) in [6.07, 6.45) is 0.228. The minimum atomic E-state index is -1.25. The van der Waals surface area contributed by atoms with E-state index in [4.69, 9.17) is 10.8 Å². The van der Waals surface area contributed by atoms with Crippen molar-refractivity contribution in [1.82, 2.24) is 16.0 Å². The number of phenols is 1. The Labute approximate surface area is 180 Å². The van der Waals surface area contributed by atoms with Crippen LogP contribution in [0.1, 0.15) is 25.8 Å². The summed E-state index contributed by atoms with van der Waals surface area (Å²) in [5, 5.41) is 34.8. The average molecular weight is 438 g/mol. The lowest BCUT2D eigenvalue weighted by Crippen LogP contribution is -2.54. The standard InChI is InChI=1S/C20H30N4O7/c1-11(2)7-15(23-17(27)9-22-18(28)14(21)10-25)19(29)24-16(20(30)31)8-12-3-5-13(26)6-4-12/h3-6,11,14-16,25-26H,7-10,21H2,1-2H3,(H,22,28)(H,23,27)(H,24,29)(H,30,31). The summed E-state index contributed by atoms with van der Waals surface area (Å²) in [5.74, 6) is -3.26. The van der Waals surface area contributed by atoms with Gasteiger partial charge in [-0.15, -0.1) is 0 Å². The number of aromatic hydroxyl groups is 1. The molecule has 11 nitrogen and oxygen atoms in total. The zero-order valence-corrected chi connectivity index (χ0v) is 17.5. The van der Waals surface area contributed by atoms with Gasteiger partial charge in [0, 0.05) is 6.42 Å². The average Bonchev–Trinajstić information content (AvgIpc) is 2.71. The Balaban J connectivity index is 2.77. The Morgan fingerprint density at radius 3 is 2.13 bits per heavy atom. The fraction of sp³-hybridized carbons (Fsp3) is 0.500. The van der Waals surface area contributed by atoms with E-state index in [0.717, 1.165) is 0 Å². The number of aliphatic hydroxyl groups is 1. The van der Waals surface area contributed by atoms with Crippen LogP contribution in [0.2, 0.25) is 0 Å². The molecule has 0 bridgehead atoms. The van der Waals surface area contributed by atoms with Crippen molar-refractivity contribution in [1.29, 1.82) is 0 Å². The number of hydrogen-bond acceptors (Lipinski definition) is 7. The normalized spacial score (nSPS) is 13.7. The third-order valence-electron chi connectivity index (χ3n) is 4.31. The lowest BCUT2D eigenvalue weighted by atomic mass is 10.0. The quantitative estimate of drug-likeness (QED) is 0.204. The van der Waals surface area contributed by atoms with E-state index in [1.54, 1.807) is 12.1 Å². The number of benzene rings is 1. The van der Waals surface area contributed by atoms with E-state index in [1.807, 2.05) is 13.8 Å². The lowest BCUT2D eigenvalue weighted by Gasteiger charge is -2.23. The molecule has 8 N–H and O–H groups in total. The number of carbonyl (C=O) groups excluding carboxylic acids is 3. The van der Waals surface area contributed by atoms with Crippen molar-refractivity contribution in [2.45, 2.75) is 44.8 Å². The van der Waals surface area contributed by atoms with Crippen molar-refractivity contribution in [2.75, 3.05) is 13.2 Å². The first-order chi connectivity index (χ1) is 14.5. The molecule has 31 heavy (non-hydrogen) atoms. The van der Waals surface area contributed by atoms with Gasteiger partial charge in [0.15, 0.2) is 0 Å². The number of carboxylic acid groups (broad SMARTS) is 1. The number of carbonyl (C=O) groups is 4. The summed E-state index contributed by atoms with van der Waals surface area (Å²) in [5.41, 5.74) is 5.94. The Bertz CT molecular complexity index is 767. The van der Waals surface area contributed by atoms with Gasteiger partial charge in [-0.3, -0.25) is 14.4 Å². The van der Waals surface area contributed by atoms with Crippen LogP contribution in [0.4, 0.5) is 0 Å². The highest BCUT2D eigenvalue weighted by molar-refractivity contribution is 5.92. The highest BCUT2D eigenvalue weighted by Crippen LogP contribution is 2.12. The summed E-state index contributed by atoms with van der Waals surface area (Å²) in [6, 6.07) is 2.49. The van der Waals surface area contributed by atoms with Crippen LogP contribution in [0.25, 0.3) is 0 Å². The number of amides is 3. The summed E-state index contributed by atoms with van der Waals surface area (Å²) in [4.78, 5) is 48.0. The first-order valence-electron chi connectivity index (χ1n) is 9.78. The molecule has 11 heteroatoms. The second-order valence-corrected chi connectivity index (χ2v) is 7.53. The smallest absolute Gasteiger partial charge is 0.326 e. The van der Waals surface area contributed by atoms with Crippen molar-refractivity contribution in [3.8, 4) is 5.75 Å². The van der Waals surface area contributed by atoms with Gasteiger partial charge < -0.3 is 37.0 Å². The Morgan fingerprint density at radius 1 is 1.00 bits per heavy atom. The van der Waals surface area contributed by atoms with E-state index in [-0.39, 0.29) is 24.5 Å². The molecule has 0 aliphatic carbocycles. The van der Waals surface area contributed by atoms with Gasteiger partial charge in [0.25, 0.3) is 0 Å². The first kappa shape index (κ1) is 25.9. The summed E-state index contributed by atoms with van der Waals surface area (Å²) in [7, 11) is 0. The number of aliphatic carboxylic acids is 1. The summed E-state index contributed by atoms with van der Waals surface area (Å²) < 4.78 is 0. The van der Waals surface area contributed by atoms with E-state index in [1.165, 1.54) is 12.1 Å². The number of rotatable bonds is 12. The number of nitrogens with one attached hydrogen (secondary N) is 3. The van der Waals surface area contributed by atoms with Gasteiger partial charge in [0.2, 0.25) is 17.7 Å². The third-order valence-corrected chi connectivity index (χ3v) is 4.31. The van der Waals surface area contributed by atoms with Crippen LogP contribution in [0.3, 0.4) is 0 Å². The van der Waals surface area contributed by atoms with E-state index in [0.29, 0.717) is 5.56 Å². The van der Waals surface area contributed by atoms with Crippen LogP contribution in [-0.4, -0.2) is 70.3 Å². The molecule has 0 radical (unpaired) electrons. The fourth-order valence-corrected chi connectivity index (χ4v) is 2.67. The Hall–Kier alpha value is -3.18. The Morgan fingerprint density at radius 2 is 1.61 bits per heavy atom. The predicted octanol–water partition coefficient (Wildman–Crippen LogP) is -1.53. The van der Waals surface area contributed by atoms with Gasteiger partial charge in [0.05, 0.1) is 13.2 Å². The van der Waals surface area contributed by atoms with Crippen LogP contribution in [0, 0.1) is 5.92 Å². The summed E-state index contributed by atoms with van der Waals surface area (Å²) in [6.45, 7) is 2.63. The molecule has 3 amide bonds. The zero-order valence-electron chi connectivity index (χ0n) is 17.5. The highest BCUT2D eigenvalue weighted by atomic mass is 16.4. The van der Waals surface area contributed by atoms with Crippen molar-refractivity contribution in [3.05, 3.63) is 29.8 Å². The lowest BCUT2D eigenvalue weighted by molar-refractivity contribution is -0.142. The number of phenolic OH excluding ortho intramolecular Hbond substituents is 1. The van der Waals surface area contributed by atoms with E-state index in [2.05, 4.69) is 16.0 Å². The van der Waals surface area contributed by atoms with Gasteiger partial charge in [-0.1, -0.05) is 26.0 Å².